The van der Waals surface area contributed by atoms with Crippen molar-refractivity contribution in [3.8, 4) is 5.88 Å². The van der Waals surface area contributed by atoms with Gasteiger partial charge in [0.05, 0.1) is 11.2 Å². The fourth-order valence-corrected chi connectivity index (χ4v) is 3.03. The molecule has 0 fully saturated rings. The molecule has 0 bridgehead atoms. The Morgan fingerprint density at radius 1 is 1.00 bits per heavy atom. The molecule has 140 valence electrons. The van der Waals surface area contributed by atoms with Gasteiger partial charge in [-0.05, 0) is 31.9 Å². The lowest BCUT2D eigenvalue weighted by Crippen LogP contribution is -2.27. The van der Waals surface area contributed by atoms with Crippen molar-refractivity contribution < 1.29 is 9.84 Å². The first-order valence-corrected chi connectivity index (χ1v) is 9.04. The summed E-state index contributed by atoms with van der Waals surface area (Å²) < 4.78 is 5.91. The summed E-state index contributed by atoms with van der Waals surface area (Å²) in [6.45, 7) is 5.53. The van der Waals surface area contributed by atoms with Crippen LogP contribution in [-0.4, -0.2) is 10.1 Å². The Hall–Kier alpha value is -2.85. The van der Waals surface area contributed by atoms with Crippen LogP contribution in [0.1, 0.15) is 41.8 Å². The smallest absolute Gasteiger partial charge is 0.201 e. The molecule has 0 radical (unpaired) electrons. The molecule has 0 atom stereocenters. The first-order chi connectivity index (χ1) is 12.8. The quantitative estimate of drug-likeness (QED) is 0.694. The molecule has 0 saturated heterocycles. The third-order valence-corrected chi connectivity index (χ3v) is 4.41. The highest BCUT2D eigenvalue weighted by Crippen LogP contribution is 2.26. The molecule has 4 nitrogen and oxygen atoms in total. The zero-order valence-electron chi connectivity index (χ0n) is 16.0. The molecule has 1 aromatic heterocycles. The number of ether oxygens (including phenoxy) is 1. The molecule has 2 N–H and O–H groups in total. The molecular formula is C23H25NO3. The number of aryl methyl sites for hydroxylation is 1. The van der Waals surface area contributed by atoms with Crippen LogP contribution in [0.2, 0.25) is 0 Å². The summed E-state index contributed by atoms with van der Waals surface area (Å²) in [6, 6.07) is 19.5. The van der Waals surface area contributed by atoms with E-state index < -0.39 is 5.60 Å². The molecule has 0 spiro atoms. The number of aromatic nitrogens is 1. The molecule has 0 aliphatic heterocycles. The highest BCUT2D eigenvalue weighted by Gasteiger charge is 2.26. The number of benzene rings is 2. The van der Waals surface area contributed by atoms with Gasteiger partial charge in [-0.2, -0.15) is 0 Å². The summed E-state index contributed by atoms with van der Waals surface area (Å²) in [5.41, 5.74) is 2.74. The summed E-state index contributed by atoms with van der Waals surface area (Å²) in [7, 11) is 0. The van der Waals surface area contributed by atoms with Crippen LogP contribution in [0, 0.1) is 6.92 Å². The molecule has 2 aromatic carbocycles. The lowest BCUT2D eigenvalue weighted by molar-refractivity contribution is 0.0722. The number of rotatable bonds is 6. The monoisotopic (exact) mass is 363 g/mol. The Labute approximate surface area is 159 Å². The normalized spacial score (nSPS) is 11.4. The SMILES string of the molecule is Cc1ccc(Cc2cc(=O)c(C(C)(C)O)c(OCc3ccccc3)[nH]2)cc1. The number of pyridine rings is 1. The van der Waals surface area contributed by atoms with E-state index in [1.54, 1.807) is 19.9 Å². The molecule has 4 heteroatoms. The first kappa shape index (κ1) is 18.9. The Balaban J connectivity index is 1.93. The third-order valence-electron chi connectivity index (χ3n) is 4.41. The maximum atomic E-state index is 12.7. The average Bonchev–Trinajstić information content (AvgIpc) is 2.61. The molecular weight excluding hydrogens is 338 g/mol. The fourth-order valence-electron chi connectivity index (χ4n) is 3.03. The Bertz CT molecular complexity index is 952. The molecule has 0 aliphatic rings. The summed E-state index contributed by atoms with van der Waals surface area (Å²) in [5.74, 6) is 0.320. The van der Waals surface area contributed by atoms with Crippen molar-refractivity contribution >= 4 is 0 Å². The second-order valence-electron chi connectivity index (χ2n) is 7.36. The van der Waals surface area contributed by atoms with Gasteiger partial charge in [0.1, 0.15) is 6.61 Å². The van der Waals surface area contributed by atoms with Gasteiger partial charge in [-0.15, -0.1) is 0 Å². The highest BCUT2D eigenvalue weighted by molar-refractivity contribution is 5.35. The Morgan fingerprint density at radius 3 is 2.30 bits per heavy atom. The van der Waals surface area contributed by atoms with Gasteiger partial charge in [-0.3, -0.25) is 4.79 Å². The van der Waals surface area contributed by atoms with E-state index in [0.717, 1.165) is 16.8 Å². The van der Waals surface area contributed by atoms with Crippen LogP contribution >= 0.6 is 0 Å². The van der Waals surface area contributed by atoms with E-state index in [0.29, 0.717) is 18.9 Å². The van der Waals surface area contributed by atoms with Crippen molar-refractivity contribution in [1.29, 1.82) is 0 Å². The first-order valence-electron chi connectivity index (χ1n) is 9.04. The van der Waals surface area contributed by atoms with Crippen LogP contribution in [-0.2, 0) is 18.6 Å². The van der Waals surface area contributed by atoms with Crippen LogP contribution in [0.25, 0.3) is 0 Å². The van der Waals surface area contributed by atoms with E-state index in [9.17, 15) is 9.90 Å². The molecule has 0 saturated carbocycles. The number of hydrogen-bond donors (Lipinski definition) is 2. The molecule has 1 heterocycles. The standard InChI is InChI=1S/C23H25NO3/c1-16-9-11-17(12-10-16)13-19-14-20(25)21(23(2,3)26)22(24-19)27-15-18-7-5-4-6-8-18/h4-12,14,26H,13,15H2,1-3H3,(H,24,25). The van der Waals surface area contributed by atoms with Crippen LogP contribution in [0.3, 0.4) is 0 Å². The van der Waals surface area contributed by atoms with Crippen molar-refractivity contribution in [2.75, 3.05) is 0 Å². The number of hydrogen-bond acceptors (Lipinski definition) is 3. The van der Waals surface area contributed by atoms with Crippen molar-refractivity contribution in [3.05, 3.63) is 98.8 Å². The van der Waals surface area contributed by atoms with Gasteiger partial charge in [-0.25, -0.2) is 0 Å². The topological polar surface area (TPSA) is 62.3 Å². The van der Waals surface area contributed by atoms with Crippen LogP contribution in [0.15, 0.2) is 65.5 Å². The molecule has 0 amide bonds. The predicted molar refractivity (Wildman–Crippen MR) is 107 cm³/mol. The predicted octanol–water partition coefficient (Wildman–Crippen LogP) is 4.08. The van der Waals surface area contributed by atoms with E-state index in [4.69, 9.17) is 4.74 Å². The van der Waals surface area contributed by atoms with E-state index >= 15 is 0 Å². The number of aliphatic hydroxyl groups is 1. The third kappa shape index (κ3) is 4.86. The molecule has 0 aliphatic carbocycles. The van der Waals surface area contributed by atoms with Gasteiger partial charge < -0.3 is 14.8 Å². The van der Waals surface area contributed by atoms with E-state index in [1.165, 1.54) is 5.56 Å². The van der Waals surface area contributed by atoms with Crippen LogP contribution in [0.4, 0.5) is 0 Å². The largest absolute Gasteiger partial charge is 0.474 e. The van der Waals surface area contributed by atoms with Gasteiger partial charge in [0, 0.05) is 18.2 Å². The number of aromatic amines is 1. The highest BCUT2D eigenvalue weighted by atomic mass is 16.5. The van der Waals surface area contributed by atoms with Crippen molar-refractivity contribution in [2.24, 2.45) is 0 Å². The maximum Gasteiger partial charge on any atom is 0.201 e. The van der Waals surface area contributed by atoms with Gasteiger partial charge in [0.2, 0.25) is 5.88 Å². The van der Waals surface area contributed by atoms with Crippen LogP contribution < -0.4 is 10.2 Å². The summed E-state index contributed by atoms with van der Waals surface area (Å²) in [6.07, 6.45) is 0.587. The van der Waals surface area contributed by atoms with E-state index in [2.05, 4.69) is 4.98 Å². The maximum absolute atomic E-state index is 12.7. The minimum absolute atomic E-state index is 0.230. The zero-order valence-corrected chi connectivity index (χ0v) is 16.0. The van der Waals surface area contributed by atoms with Crippen LogP contribution in [0.5, 0.6) is 5.88 Å². The van der Waals surface area contributed by atoms with Crippen molar-refractivity contribution in [2.45, 2.75) is 39.4 Å². The molecule has 0 unspecified atom stereocenters. The molecule has 3 rings (SSSR count). The summed E-state index contributed by atoms with van der Waals surface area (Å²) >= 11 is 0. The zero-order chi connectivity index (χ0) is 19.4. The van der Waals surface area contributed by atoms with Gasteiger partial charge in [0.25, 0.3) is 0 Å². The van der Waals surface area contributed by atoms with Gasteiger partial charge in [0.15, 0.2) is 5.43 Å². The lowest BCUT2D eigenvalue weighted by atomic mass is 9.98. The number of nitrogens with one attached hydrogen (secondary N) is 1. The second-order valence-corrected chi connectivity index (χ2v) is 7.36. The van der Waals surface area contributed by atoms with E-state index in [-0.39, 0.29) is 11.0 Å². The number of H-pyrrole nitrogens is 1. The van der Waals surface area contributed by atoms with E-state index in [1.807, 2.05) is 61.5 Å². The van der Waals surface area contributed by atoms with Crippen molar-refractivity contribution in [3.63, 3.8) is 0 Å². The molecule has 3 aromatic rings. The average molecular weight is 363 g/mol. The van der Waals surface area contributed by atoms with Crippen molar-refractivity contribution in [1.82, 2.24) is 4.98 Å². The summed E-state index contributed by atoms with van der Waals surface area (Å²) in [5, 5.41) is 10.5. The minimum Gasteiger partial charge on any atom is -0.474 e. The fraction of sp³-hybridized carbons (Fsp3) is 0.261. The Kier molecular flexibility index (Phi) is 5.47. The van der Waals surface area contributed by atoms with Gasteiger partial charge in [-0.1, -0.05) is 60.2 Å². The molecule has 27 heavy (non-hydrogen) atoms. The minimum atomic E-state index is -1.30. The Morgan fingerprint density at radius 2 is 1.67 bits per heavy atom. The van der Waals surface area contributed by atoms with Gasteiger partial charge >= 0.3 is 0 Å². The lowest BCUT2D eigenvalue weighted by Gasteiger charge is -2.21. The summed E-state index contributed by atoms with van der Waals surface area (Å²) in [4.78, 5) is 15.9. The second kappa shape index (κ2) is 7.80.